The molecule has 1 aromatic heterocycles. The first-order valence-electron chi connectivity index (χ1n) is 4.33. The highest BCUT2D eigenvalue weighted by atomic mass is 19.4. The van der Waals surface area contributed by atoms with Crippen LogP contribution < -0.4 is 0 Å². The van der Waals surface area contributed by atoms with E-state index in [9.17, 15) is 17.6 Å². The molecule has 1 heterocycles. The molecule has 0 aliphatic heterocycles. The van der Waals surface area contributed by atoms with Gasteiger partial charge >= 0.3 is 6.18 Å². The minimum atomic E-state index is -5.01. The van der Waals surface area contributed by atoms with Gasteiger partial charge in [-0.25, -0.2) is 9.37 Å². The lowest BCUT2D eigenvalue weighted by atomic mass is 10.0. The molecular weight excluding hydrogens is 252 g/mol. The van der Waals surface area contributed by atoms with Crippen LogP contribution in [0.5, 0.6) is 0 Å². The Labute approximate surface area is 98.3 Å². The maximum absolute atomic E-state index is 13.6. The third-order valence-electron chi connectivity index (χ3n) is 1.97. The van der Waals surface area contributed by atoms with Crippen LogP contribution in [0.1, 0.15) is 22.5 Å². The van der Waals surface area contributed by atoms with Gasteiger partial charge in [-0.3, -0.25) is 0 Å². The quantitative estimate of drug-likeness (QED) is 0.718. The maximum Gasteiger partial charge on any atom is 0.433 e. The molecule has 4 nitrogen and oxygen atoms in total. The van der Waals surface area contributed by atoms with E-state index in [0.717, 1.165) is 0 Å². The van der Waals surface area contributed by atoms with Crippen molar-refractivity contribution in [1.82, 2.24) is 4.98 Å². The maximum atomic E-state index is 13.6. The molecular formula is C10H2F4N4. The van der Waals surface area contributed by atoms with Gasteiger partial charge < -0.3 is 0 Å². The van der Waals surface area contributed by atoms with E-state index in [1.807, 2.05) is 0 Å². The normalized spacial score (nSPS) is 10.3. The number of pyridine rings is 1. The highest BCUT2D eigenvalue weighted by Crippen LogP contribution is 2.33. The molecule has 0 unspecified atom stereocenters. The highest BCUT2D eigenvalue weighted by Gasteiger charge is 2.38. The summed E-state index contributed by atoms with van der Waals surface area (Å²) >= 11 is 0. The monoisotopic (exact) mass is 254 g/mol. The summed E-state index contributed by atoms with van der Waals surface area (Å²) in [5, 5.41) is 25.5. The highest BCUT2D eigenvalue weighted by molar-refractivity contribution is 5.47. The Bertz CT molecular complexity index is 613. The molecule has 18 heavy (non-hydrogen) atoms. The summed E-state index contributed by atoms with van der Waals surface area (Å²) < 4.78 is 51.4. The predicted molar refractivity (Wildman–Crippen MR) is 47.9 cm³/mol. The Morgan fingerprint density at radius 3 is 2.11 bits per heavy atom. The summed E-state index contributed by atoms with van der Waals surface area (Å²) in [4.78, 5) is 2.91. The summed E-state index contributed by atoms with van der Waals surface area (Å²) in [6.07, 6.45) is -5.90. The van der Waals surface area contributed by atoms with E-state index in [-0.39, 0.29) is 0 Å². The number of halogens is 4. The third-order valence-corrected chi connectivity index (χ3v) is 1.97. The van der Waals surface area contributed by atoms with Crippen LogP contribution >= 0.6 is 0 Å². The molecule has 0 saturated carbocycles. The van der Waals surface area contributed by atoms with Crippen LogP contribution in [0.2, 0.25) is 0 Å². The van der Waals surface area contributed by atoms with Crippen molar-refractivity contribution in [3.63, 3.8) is 0 Å². The van der Waals surface area contributed by atoms with Crippen molar-refractivity contribution in [2.75, 3.05) is 0 Å². The summed E-state index contributed by atoms with van der Waals surface area (Å²) in [6, 6.07) is 3.82. The number of nitrogens with zero attached hydrogens (tertiary/aromatic N) is 4. The van der Waals surface area contributed by atoms with Crippen molar-refractivity contribution in [3.8, 4) is 18.2 Å². The van der Waals surface area contributed by atoms with E-state index in [0.29, 0.717) is 0 Å². The van der Waals surface area contributed by atoms with Crippen LogP contribution in [-0.2, 0) is 12.6 Å². The van der Waals surface area contributed by atoms with E-state index >= 15 is 0 Å². The van der Waals surface area contributed by atoms with Gasteiger partial charge in [-0.15, -0.1) is 0 Å². The summed E-state index contributed by atoms with van der Waals surface area (Å²) in [5.74, 6) is -1.53. The second-order valence-electron chi connectivity index (χ2n) is 3.03. The molecule has 0 aliphatic carbocycles. The fourth-order valence-electron chi connectivity index (χ4n) is 1.25. The van der Waals surface area contributed by atoms with E-state index in [1.54, 1.807) is 0 Å². The second kappa shape index (κ2) is 4.68. The number of alkyl halides is 3. The molecule has 0 saturated heterocycles. The van der Waals surface area contributed by atoms with Gasteiger partial charge in [0.2, 0.25) is 0 Å². The van der Waals surface area contributed by atoms with Gasteiger partial charge in [-0.2, -0.15) is 29.0 Å². The van der Waals surface area contributed by atoms with Gasteiger partial charge in [0.25, 0.3) is 0 Å². The predicted octanol–water partition coefficient (Wildman–Crippen LogP) is 2.05. The standard InChI is InChI=1S/C10H2F4N4/c11-8-5(1-2-15)9(10(12,13)14)18-7(4-17)6(8)3-16/h1H2. The lowest BCUT2D eigenvalue weighted by molar-refractivity contribution is -0.142. The lowest BCUT2D eigenvalue weighted by Crippen LogP contribution is -2.16. The molecule has 0 bridgehead atoms. The van der Waals surface area contributed by atoms with Crippen LogP contribution in [0.3, 0.4) is 0 Å². The van der Waals surface area contributed by atoms with Gasteiger partial charge in [0, 0.05) is 5.56 Å². The average Bonchev–Trinajstić information content (AvgIpc) is 2.29. The lowest BCUT2D eigenvalue weighted by Gasteiger charge is -2.12. The Morgan fingerprint density at radius 2 is 1.72 bits per heavy atom. The summed E-state index contributed by atoms with van der Waals surface area (Å²) in [6.45, 7) is 0. The summed E-state index contributed by atoms with van der Waals surface area (Å²) in [7, 11) is 0. The third kappa shape index (κ3) is 2.21. The Balaban J connectivity index is 3.75. The van der Waals surface area contributed by atoms with Gasteiger partial charge in [0.1, 0.15) is 23.5 Å². The first-order valence-corrected chi connectivity index (χ1v) is 4.33. The van der Waals surface area contributed by atoms with Crippen LogP contribution in [-0.4, -0.2) is 4.98 Å². The largest absolute Gasteiger partial charge is 0.433 e. The molecule has 0 amide bonds. The zero-order valence-electron chi connectivity index (χ0n) is 8.51. The van der Waals surface area contributed by atoms with Gasteiger partial charge in [0.05, 0.1) is 12.5 Å². The molecule has 0 aromatic carbocycles. The summed E-state index contributed by atoms with van der Waals surface area (Å²) in [5.41, 5.74) is -4.53. The molecule has 0 spiro atoms. The van der Waals surface area contributed by atoms with Gasteiger partial charge in [-0.1, -0.05) is 0 Å². The molecule has 90 valence electrons. The fourth-order valence-corrected chi connectivity index (χ4v) is 1.25. The number of hydrogen-bond acceptors (Lipinski definition) is 4. The molecule has 8 heteroatoms. The Hall–Kier alpha value is -2.66. The van der Waals surface area contributed by atoms with E-state index in [2.05, 4.69) is 4.98 Å². The minimum Gasteiger partial charge on any atom is -0.231 e. The Morgan fingerprint density at radius 1 is 1.11 bits per heavy atom. The Kier molecular flexibility index (Phi) is 3.49. The van der Waals surface area contributed by atoms with Crippen LogP contribution in [0.25, 0.3) is 0 Å². The first kappa shape index (κ1) is 13.4. The first-order chi connectivity index (χ1) is 8.36. The molecule has 0 radical (unpaired) electrons. The van der Waals surface area contributed by atoms with Crippen molar-refractivity contribution in [3.05, 3.63) is 28.3 Å². The number of hydrogen-bond donors (Lipinski definition) is 0. The van der Waals surface area contributed by atoms with Crippen molar-refractivity contribution >= 4 is 0 Å². The van der Waals surface area contributed by atoms with Gasteiger partial charge in [0.15, 0.2) is 11.4 Å². The SMILES string of the molecule is N#CCc1c(C(F)(F)F)nc(C#N)c(C#N)c1F. The number of aromatic nitrogens is 1. The second-order valence-corrected chi connectivity index (χ2v) is 3.03. The van der Waals surface area contributed by atoms with E-state index in [1.165, 1.54) is 18.2 Å². The van der Waals surface area contributed by atoms with Crippen molar-refractivity contribution in [2.24, 2.45) is 0 Å². The van der Waals surface area contributed by atoms with Crippen LogP contribution in [0, 0.1) is 39.8 Å². The molecule has 0 atom stereocenters. The molecule has 0 fully saturated rings. The minimum absolute atomic E-state index is 0.893. The van der Waals surface area contributed by atoms with Crippen LogP contribution in [0.15, 0.2) is 0 Å². The van der Waals surface area contributed by atoms with Crippen molar-refractivity contribution in [2.45, 2.75) is 12.6 Å². The molecule has 1 rings (SSSR count). The average molecular weight is 254 g/mol. The zero-order valence-corrected chi connectivity index (χ0v) is 8.51. The molecule has 0 N–H and O–H groups in total. The topological polar surface area (TPSA) is 84.3 Å². The van der Waals surface area contributed by atoms with Crippen molar-refractivity contribution < 1.29 is 17.6 Å². The number of nitriles is 3. The molecule has 0 aliphatic rings. The molecule has 1 aromatic rings. The smallest absolute Gasteiger partial charge is 0.231 e. The van der Waals surface area contributed by atoms with E-state index in [4.69, 9.17) is 15.8 Å². The van der Waals surface area contributed by atoms with Crippen LogP contribution in [0.4, 0.5) is 17.6 Å². The van der Waals surface area contributed by atoms with Crippen molar-refractivity contribution in [1.29, 1.82) is 15.8 Å². The zero-order chi connectivity index (χ0) is 13.9. The number of rotatable bonds is 1. The van der Waals surface area contributed by atoms with Gasteiger partial charge in [-0.05, 0) is 0 Å². The fraction of sp³-hybridized carbons (Fsp3) is 0.200. The van der Waals surface area contributed by atoms with E-state index < -0.39 is 40.9 Å².